The Labute approximate surface area is 211 Å². The van der Waals surface area contributed by atoms with Crippen LogP contribution in [0.4, 0.5) is 11.6 Å². The highest BCUT2D eigenvalue weighted by Gasteiger charge is 2.23. The van der Waals surface area contributed by atoms with Crippen molar-refractivity contribution in [1.82, 2.24) is 29.8 Å². The molecule has 5 rings (SSSR count). The molecule has 4 heterocycles. The molecule has 10 nitrogen and oxygen atoms in total. The molecule has 1 atom stereocenters. The number of hydrogen-bond donors (Lipinski definition) is 3. The number of ether oxygens (including phenoxy) is 1. The summed E-state index contributed by atoms with van der Waals surface area (Å²) in [5.41, 5.74) is 3.64. The maximum Gasteiger partial charge on any atom is 0.322 e. The van der Waals surface area contributed by atoms with E-state index in [2.05, 4.69) is 46.8 Å². The zero-order valence-electron chi connectivity index (χ0n) is 21.3. The molecule has 1 aromatic carbocycles. The van der Waals surface area contributed by atoms with Crippen molar-refractivity contribution in [3.05, 3.63) is 41.6 Å². The van der Waals surface area contributed by atoms with Gasteiger partial charge in [0.15, 0.2) is 5.65 Å². The molecular formula is C26H36N8O2. The summed E-state index contributed by atoms with van der Waals surface area (Å²) in [6, 6.07) is 8.27. The van der Waals surface area contributed by atoms with Crippen LogP contribution in [-0.4, -0.2) is 69.7 Å². The molecule has 0 radical (unpaired) electrons. The van der Waals surface area contributed by atoms with Crippen molar-refractivity contribution in [3.63, 3.8) is 0 Å². The van der Waals surface area contributed by atoms with Gasteiger partial charge in [-0.25, -0.2) is 0 Å². The van der Waals surface area contributed by atoms with Gasteiger partial charge in [0, 0.05) is 37.4 Å². The molecule has 0 spiro atoms. The normalized spacial score (nSPS) is 19.2. The summed E-state index contributed by atoms with van der Waals surface area (Å²) >= 11 is 0. The van der Waals surface area contributed by atoms with Crippen LogP contribution in [0.5, 0.6) is 6.01 Å². The number of carbonyl (C=O) groups is 1. The number of likely N-dealkylation sites (tertiary alicyclic amines) is 1. The predicted molar refractivity (Wildman–Crippen MR) is 139 cm³/mol. The number of fused-ring (bicyclic) bond motifs is 1. The van der Waals surface area contributed by atoms with Gasteiger partial charge >= 0.3 is 6.01 Å². The van der Waals surface area contributed by atoms with Gasteiger partial charge in [-0.3, -0.25) is 4.79 Å². The molecule has 2 aliphatic rings. The highest BCUT2D eigenvalue weighted by molar-refractivity contribution is 5.93. The molecule has 2 fully saturated rings. The zero-order valence-corrected chi connectivity index (χ0v) is 21.3. The number of nitrogens with one attached hydrogen (secondary N) is 3. The quantitative estimate of drug-likeness (QED) is 0.441. The lowest BCUT2D eigenvalue weighted by atomic mass is 10.1. The van der Waals surface area contributed by atoms with Gasteiger partial charge in [0.25, 0.3) is 0 Å². The third kappa shape index (κ3) is 5.60. The van der Waals surface area contributed by atoms with E-state index in [1.165, 1.54) is 0 Å². The largest absolute Gasteiger partial charge is 0.460 e. The molecule has 192 valence electrons. The van der Waals surface area contributed by atoms with Gasteiger partial charge in [-0.2, -0.15) is 19.6 Å². The average molecular weight is 493 g/mol. The van der Waals surface area contributed by atoms with Crippen LogP contribution in [-0.2, 0) is 11.3 Å². The van der Waals surface area contributed by atoms with E-state index < -0.39 is 0 Å². The van der Waals surface area contributed by atoms with Crippen molar-refractivity contribution >= 4 is 23.2 Å². The van der Waals surface area contributed by atoms with E-state index in [1.807, 2.05) is 30.5 Å². The van der Waals surface area contributed by atoms with Gasteiger partial charge in [-0.15, -0.1) is 0 Å². The minimum absolute atomic E-state index is 0.0269. The SMILES string of the molecule is CC(C)c1cnn2c(NCc3cccc(NC(=O)C4CCNC4)c3)nc(OC3CCN(C)CC3)nc12. The Hall–Kier alpha value is -3.24. The number of hydrogen-bond acceptors (Lipinski definition) is 8. The number of piperidine rings is 1. The van der Waals surface area contributed by atoms with Crippen molar-refractivity contribution in [1.29, 1.82) is 0 Å². The standard InChI is InChI=1S/C26H36N8O2/c1-17(2)22-16-29-34-23(22)31-26(36-21-8-11-33(3)12-9-21)32-25(34)28-14-18-5-4-6-20(13-18)30-24(35)19-7-10-27-15-19/h4-6,13,16-17,19,21,27H,7-12,14-15H2,1-3H3,(H,30,35)(H,28,31,32). The number of benzene rings is 1. The summed E-state index contributed by atoms with van der Waals surface area (Å²) in [6.45, 7) is 8.42. The molecular weight excluding hydrogens is 456 g/mol. The maximum absolute atomic E-state index is 12.5. The van der Waals surface area contributed by atoms with Gasteiger partial charge in [-0.05, 0) is 56.5 Å². The van der Waals surface area contributed by atoms with Crippen molar-refractivity contribution < 1.29 is 9.53 Å². The minimum Gasteiger partial charge on any atom is -0.460 e. The average Bonchev–Trinajstić information content (AvgIpc) is 3.55. The first kappa shape index (κ1) is 24.5. The highest BCUT2D eigenvalue weighted by Crippen LogP contribution is 2.25. The first-order chi connectivity index (χ1) is 17.5. The summed E-state index contributed by atoms with van der Waals surface area (Å²) in [5.74, 6) is 0.952. The van der Waals surface area contributed by atoms with Crippen LogP contribution in [0, 0.1) is 5.92 Å². The van der Waals surface area contributed by atoms with Crippen LogP contribution in [0.15, 0.2) is 30.5 Å². The lowest BCUT2D eigenvalue weighted by molar-refractivity contribution is -0.119. The van der Waals surface area contributed by atoms with Gasteiger partial charge in [-0.1, -0.05) is 26.0 Å². The van der Waals surface area contributed by atoms with Crippen LogP contribution < -0.4 is 20.7 Å². The Morgan fingerprint density at radius 3 is 2.81 bits per heavy atom. The second kappa shape index (κ2) is 10.8. The summed E-state index contributed by atoms with van der Waals surface area (Å²) in [6.07, 6.45) is 4.75. The van der Waals surface area contributed by atoms with Crippen molar-refractivity contribution in [3.8, 4) is 6.01 Å². The number of carbonyl (C=O) groups excluding carboxylic acids is 1. The number of anilines is 2. The number of aromatic nitrogens is 4. The molecule has 2 aromatic heterocycles. The molecule has 1 unspecified atom stereocenters. The van der Waals surface area contributed by atoms with E-state index in [-0.39, 0.29) is 23.8 Å². The Balaban J connectivity index is 1.33. The van der Waals surface area contributed by atoms with Gasteiger partial charge in [0.1, 0.15) is 6.10 Å². The fourth-order valence-corrected chi connectivity index (χ4v) is 4.76. The number of amides is 1. The van der Waals surface area contributed by atoms with E-state index in [9.17, 15) is 4.79 Å². The molecule has 0 bridgehead atoms. The van der Waals surface area contributed by atoms with Crippen LogP contribution in [0.2, 0.25) is 0 Å². The fraction of sp³-hybridized carbons (Fsp3) is 0.538. The lowest BCUT2D eigenvalue weighted by Gasteiger charge is -2.28. The van der Waals surface area contributed by atoms with E-state index in [1.54, 1.807) is 4.52 Å². The minimum atomic E-state index is 0.0269. The molecule has 36 heavy (non-hydrogen) atoms. The molecule has 1 amide bonds. The summed E-state index contributed by atoms with van der Waals surface area (Å²) < 4.78 is 7.98. The van der Waals surface area contributed by atoms with E-state index in [0.717, 1.165) is 67.9 Å². The number of nitrogens with zero attached hydrogens (tertiary/aromatic N) is 5. The Morgan fingerprint density at radius 1 is 1.22 bits per heavy atom. The molecule has 3 N–H and O–H groups in total. The predicted octanol–water partition coefficient (Wildman–Crippen LogP) is 2.88. The molecule has 10 heteroatoms. The third-order valence-electron chi connectivity index (χ3n) is 7.01. The first-order valence-corrected chi connectivity index (χ1v) is 12.9. The molecule has 2 aliphatic heterocycles. The summed E-state index contributed by atoms with van der Waals surface area (Å²) in [5, 5.41) is 14.3. The van der Waals surface area contributed by atoms with Crippen molar-refractivity contribution in [2.45, 2.75) is 51.7 Å². The molecule has 2 saturated heterocycles. The Kier molecular flexibility index (Phi) is 7.33. The van der Waals surface area contributed by atoms with Crippen LogP contribution in [0.1, 0.15) is 50.2 Å². The van der Waals surface area contributed by atoms with Crippen molar-refractivity contribution in [2.24, 2.45) is 5.92 Å². The van der Waals surface area contributed by atoms with E-state index in [0.29, 0.717) is 18.5 Å². The molecule has 0 aliphatic carbocycles. The third-order valence-corrected chi connectivity index (χ3v) is 7.01. The van der Waals surface area contributed by atoms with Crippen LogP contribution in [0.3, 0.4) is 0 Å². The first-order valence-electron chi connectivity index (χ1n) is 12.9. The lowest BCUT2D eigenvalue weighted by Crippen LogP contribution is -2.36. The van der Waals surface area contributed by atoms with Crippen molar-refractivity contribution in [2.75, 3.05) is 43.9 Å². The molecule has 3 aromatic rings. The monoisotopic (exact) mass is 492 g/mol. The van der Waals surface area contributed by atoms with Gasteiger partial charge in [0.2, 0.25) is 11.9 Å². The van der Waals surface area contributed by atoms with E-state index in [4.69, 9.17) is 14.7 Å². The Morgan fingerprint density at radius 2 is 2.06 bits per heavy atom. The number of rotatable bonds is 8. The van der Waals surface area contributed by atoms with Crippen LogP contribution >= 0.6 is 0 Å². The highest BCUT2D eigenvalue weighted by atomic mass is 16.5. The van der Waals surface area contributed by atoms with E-state index >= 15 is 0 Å². The smallest absolute Gasteiger partial charge is 0.322 e. The zero-order chi connectivity index (χ0) is 25.1. The molecule has 0 saturated carbocycles. The fourth-order valence-electron chi connectivity index (χ4n) is 4.76. The second-order valence-corrected chi connectivity index (χ2v) is 10.2. The van der Waals surface area contributed by atoms with Crippen LogP contribution in [0.25, 0.3) is 5.65 Å². The van der Waals surface area contributed by atoms with Gasteiger partial charge < -0.3 is 25.6 Å². The topological polar surface area (TPSA) is 109 Å². The summed E-state index contributed by atoms with van der Waals surface area (Å²) in [4.78, 5) is 24.2. The van der Waals surface area contributed by atoms with Gasteiger partial charge in [0.05, 0.1) is 12.1 Å². The summed E-state index contributed by atoms with van der Waals surface area (Å²) in [7, 11) is 2.13. The Bertz CT molecular complexity index is 1200. The second-order valence-electron chi connectivity index (χ2n) is 10.2. The maximum atomic E-state index is 12.5.